The highest BCUT2D eigenvalue weighted by atomic mass is 79.9. The Hall–Kier alpha value is -4.77. The third-order valence-corrected chi connectivity index (χ3v) is 16.9. The number of hydrogen-bond acceptors (Lipinski definition) is 14. The van der Waals surface area contributed by atoms with Gasteiger partial charge in [0.15, 0.2) is 0 Å². The fraction of sp³-hybridized carbons (Fsp3) is 0.431. The zero-order valence-corrected chi connectivity index (χ0v) is 65.1. The Balaban J connectivity index is 0.000000373. The third kappa shape index (κ3) is 34.7. The minimum Gasteiger partial charge on any atom is -0.423 e. The first-order chi connectivity index (χ1) is 44.9. The molecule has 0 atom stereocenters. The summed E-state index contributed by atoms with van der Waals surface area (Å²) in [6.07, 6.45) is 40.2. The zero-order chi connectivity index (χ0) is 68.8. The van der Waals surface area contributed by atoms with Crippen LogP contribution in [-0.4, -0.2) is 41.8 Å². The van der Waals surface area contributed by atoms with E-state index < -0.39 is 0 Å². The monoisotopic (exact) mass is 1730 g/mol. The molecular formula is C72H87Br7O14. The molecule has 0 aromatic heterocycles. The maximum absolute atomic E-state index is 11.1. The lowest BCUT2D eigenvalue weighted by Crippen LogP contribution is -1.90. The van der Waals surface area contributed by atoms with Crippen molar-refractivity contribution in [2.24, 2.45) is 0 Å². The number of unbranched alkanes of at least 4 members (excludes halogenated alkanes) is 15. The summed E-state index contributed by atoms with van der Waals surface area (Å²) in [6.45, 7) is 12.6. The molecule has 0 saturated heterocycles. The molecule has 21 heteroatoms. The predicted octanol–water partition coefficient (Wildman–Crippen LogP) is 23.0. The second-order valence-corrected chi connectivity index (χ2v) is 24.6. The minimum absolute atomic E-state index is 0.240. The van der Waals surface area contributed by atoms with Gasteiger partial charge in [0, 0.05) is 111 Å². The molecule has 0 bridgehead atoms. The van der Waals surface area contributed by atoms with Gasteiger partial charge in [0.05, 0.1) is 0 Å². The fourth-order valence-corrected chi connectivity index (χ4v) is 11.9. The molecule has 508 valence electrons. The van der Waals surface area contributed by atoms with Crippen molar-refractivity contribution in [3.8, 4) is 0 Å². The Morgan fingerprint density at radius 2 is 0.538 bits per heavy atom. The van der Waals surface area contributed by atoms with Crippen LogP contribution in [0.5, 0.6) is 0 Å². The van der Waals surface area contributed by atoms with Gasteiger partial charge >= 0.3 is 41.8 Å². The topological polar surface area (TPSA) is 184 Å². The average Bonchev–Trinajstić information content (AvgIpc) is 4.67. The molecule has 0 fully saturated rings. The summed E-state index contributed by atoms with van der Waals surface area (Å²) in [5, 5.41) is 0. The van der Waals surface area contributed by atoms with Crippen molar-refractivity contribution < 1.29 is 66.7 Å². The number of ether oxygens (including phenoxy) is 7. The van der Waals surface area contributed by atoms with Crippen molar-refractivity contribution in [2.45, 2.75) is 202 Å². The second kappa shape index (κ2) is 51.5. The van der Waals surface area contributed by atoms with Crippen LogP contribution in [0, 0.1) is 0 Å². The Morgan fingerprint density at radius 3 is 0.828 bits per heavy atom. The third-order valence-electron chi connectivity index (χ3n) is 14.0. The maximum Gasteiger partial charge on any atom is 0.336 e. The van der Waals surface area contributed by atoms with E-state index in [1.165, 1.54) is 108 Å². The lowest BCUT2D eigenvalue weighted by atomic mass is 10.0. The van der Waals surface area contributed by atoms with Crippen LogP contribution in [0.3, 0.4) is 0 Å². The van der Waals surface area contributed by atoms with Gasteiger partial charge in [0.25, 0.3) is 0 Å². The van der Waals surface area contributed by atoms with Crippen molar-refractivity contribution in [2.75, 3.05) is 0 Å². The quantitative estimate of drug-likeness (QED) is 0.0485. The Labute approximate surface area is 609 Å². The van der Waals surface area contributed by atoms with Crippen molar-refractivity contribution in [3.63, 3.8) is 0 Å². The fourth-order valence-electron chi connectivity index (χ4n) is 9.15. The summed E-state index contributed by atoms with van der Waals surface area (Å²) in [5.41, 5.74) is 7.70. The minimum atomic E-state index is -0.324. The molecule has 7 aliphatic rings. The molecule has 0 N–H and O–H groups in total. The van der Waals surface area contributed by atoms with E-state index in [9.17, 15) is 33.6 Å². The predicted molar refractivity (Wildman–Crippen MR) is 394 cm³/mol. The SMILES string of the molecule is CC1=CC(=O)O/C1=C\Br.CCCC1=CC(=O)O/C1=C\Br.CCCCC1=CC(=O)O/C1=C\Br.CCCCCCC1=CC(=O)O/C1=C\Br.CCCCCCCC1=CC(=O)O/C1=C\Br.CCCCCCCCCCC1=CC(=O)O/C1=C\Br.O=C1C=C(c2ccccc2)/C(=C/Br)O1. The van der Waals surface area contributed by atoms with Gasteiger partial charge < -0.3 is 33.2 Å². The number of halogens is 7. The zero-order valence-electron chi connectivity index (χ0n) is 54.0. The summed E-state index contributed by atoms with van der Waals surface area (Å²) in [5.74, 6) is 2.62. The molecular weight excluding hydrogens is 1650 g/mol. The van der Waals surface area contributed by atoms with Gasteiger partial charge in [0.2, 0.25) is 0 Å². The molecule has 0 radical (unpaired) electrons. The number of allylic oxidation sites excluding steroid dienone is 7. The summed E-state index contributed by atoms with van der Waals surface area (Å²) >= 11 is 22.1. The van der Waals surface area contributed by atoms with E-state index in [-0.39, 0.29) is 41.8 Å². The van der Waals surface area contributed by atoms with Crippen LogP contribution >= 0.6 is 112 Å². The number of benzene rings is 1. The molecule has 0 spiro atoms. The average molecular weight is 1740 g/mol. The van der Waals surface area contributed by atoms with Crippen molar-refractivity contribution in [1.29, 1.82) is 0 Å². The van der Waals surface area contributed by atoms with Crippen molar-refractivity contribution in [3.05, 3.63) is 187 Å². The van der Waals surface area contributed by atoms with Gasteiger partial charge in [-0.25, -0.2) is 33.6 Å². The van der Waals surface area contributed by atoms with Crippen LogP contribution < -0.4 is 0 Å². The highest BCUT2D eigenvalue weighted by Gasteiger charge is 2.24. The van der Waals surface area contributed by atoms with E-state index >= 15 is 0 Å². The molecule has 1 aromatic rings. The van der Waals surface area contributed by atoms with Crippen molar-refractivity contribution in [1.82, 2.24) is 0 Å². The van der Waals surface area contributed by atoms with Gasteiger partial charge in [0.1, 0.15) is 40.3 Å². The first kappa shape index (κ1) is 84.3. The molecule has 8 rings (SSSR count). The summed E-state index contributed by atoms with van der Waals surface area (Å²) < 4.78 is 34.4. The van der Waals surface area contributed by atoms with E-state index in [0.717, 1.165) is 115 Å². The van der Waals surface area contributed by atoms with E-state index in [0.29, 0.717) is 40.3 Å². The molecule has 7 heterocycles. The van der Waals surface area contributed by atoms with E-state index in [1.54, 1.807) is 59.2 Å². The number of carbonyl (C=O) groups is 7. The van der Waals surface area contributed by atoms with E-state index in [4.69, 9.17) is 33.2 Å². The second-order valence-electron chi connectivity index (χ2n) is 21.4. The van der Waals surface area contributed by atoms with E-state index in [2.05, 4.69) is 146 Å². The van der Waals surface area contributed by atoms with Gasteiger partial charge in [-0.15, -0.1) is 0 Å². The Bertz CT molecular complexity index is 3090. The number of rotatable bonds is 26. The maximum atomic E-state index is 11.1. The number of hydrogen-bond donors (Lipinski definition) is 0. The van der Waals surface area contributed by atoms with Gasteiger partial charge in [-0.1, -0.05) is 279 Å². The molecule has 0 aliphatic carbocycles. The van der Waals surface area contributed by atoms with Crippen LogP contribution in [-0.2, 0) is 66.7 Å². The van der Waals surface area contributed by atoms with Crippen LogP contribution in [0.15, 0.2) is 182 Å². The van der Waals surface area contributed by atoms with Crippen molar-refractivity contribution >= 4 is 159 Å². The smallest absolute Gasteiger partial charge is 0.336 e. The van der Waals surface area contributed by atoms with Crippen LogP contribution in [0.1, 0.15) is 208 Å². The Morgan fingerprint density at radius 1 is 0.280 bits per heavy atom. The Kier molecular flexibility index (Phi) is 46.7. The lowest BCUT2D eigenvalue weighted by molar-refractivity contribution is -0.133. The highest BCUT2D eigenvalue weighted by molar-refractivity contribution is 9.12. The normalized spacial score (nSPS) is 18.9. The summed E-state index contributed by atoms with van der Waals surface area (Å²) in [4.78, 5) is 87.6. The molecule has 0 amide bonds. The molecule has 1 aromatic carbocycles. The molecule has 7 aliphatic heterocycles. The molecule has 93 heavy (non-hydrogen) atoms. The lowest BCUT2D eigenvalue weighted by Gasteiger charge is -2.03. The standard InChI is InChI=1S/C15H23BrO2.C12H17BrO2.C11H7BrO2.C11H15BrO2.C9H11BrO2.C8H9BrO2.C6H5BrO2/c1-2-3-4-5-6-7-8-9-10-13-11-15(17)18-14(13)12-16;1-2-3-4-5-6-7-10-8-12(14)15-11(10)9-13;12-7-10-9(6-11(13)14-10)8-4-2-1-3-5-8;1-2-3-4-5-6-9-7-11(13)14-10(9)8-12;1-2-3-4-7-5-9(11)12-8(7)6-10;1-2-3-6-4-8(10)11-7(6)5-9;1-4-2-6(8)9-5(4)3-7/h11-12H,2-10H2,1H3;8-9H,2-7H2,1H3;1-7H;7-8H,2-6H2,1H3;5-6H,2-4H2,1H3;4-5H,2-3H2,1H3;2-3H,1H3/b14-12-;11-9-;10-7-;10-8-;8-6-;7-5-;5-3-. The highest BCUT2D eigenvalue weighted by Crippen LogP contribution is 2.32. The van der Waals surface area contributed by atoms with Crippen LogP contribution in [0.4, 0.5) is 0 Å². The van der Waals surface area contributed by atoms with Gasteiger partial charge in [-0.2, -0.15) is 0 Å². The first-order valence-corrected chi connectivity index (χ1v) is 38.0. The van der Waals surface area contributed by atoms with Crippen LogP contribution in [0.25, 0.3) is 5.57 Å². The summed E-state index contributed by atoms with van der Waals surface area (Å²) in [7, 11) is 0. The van der Waals surface area contributed by atoms with Crippen LogP contribution in [0.2, 0.25) is 0 Å². The molecule has 14 nitrogen and oxygen atoms in total. The largest absolute Gasteiger partial charge is 0.423 e. The van der Waals surface area contributed by atoms with E-state index in [1.807, 2.05) is 37.3 Å². The van der Waals surface area contributed by atoms with Gasteiger partial charge in [-0.3, -0.25) is 0 Å². The molecule has 0 unspecified atom stereocenters. The van der Waals surface area contributed by atoms with Gasteiger partial charge in [-0.05, 0) is 75.8 Å². The number of cyclic esters (lactones) is 7. The first-order valence-electron chi connectivity index (χ1n) is 31.6. The summed E-state index contributed by atoms with van der Waals surface area (Å²) in [6, 6.07) is 9.64. The number of carbonyl (C=O) groups excluding carboxylic acids is 7. The molecule has 0 saturated carbocycles. The number of esters is 7.